The molecular weight excluding hydrogens is 440 g/mol. The first kappa shape index (κ1) is 21.0. The number of carbonyl (C=O) groups is 1. The maximum Gasteiger partial charge on any atom is 0.341 e. The number of rotatable bonds is 5. The number of para-hydroxylation sites is 1. The normalized spacial score (nSPS) is 11.4. The fourth-order valence-electron chi connectivity index (χ4n) is 3.84. The number of benzene rings is 2. The average molecular weight is 461 g/mol. The number of aryl methyl sites for hydroxylation is 1. The van der Waals surface area contributed by atoms with E-state index in [4.69, 9.17) is 9.15 Å². The standard InChI is InChI=1S/C24H20N4O4S/c1-14-7-6-10-18(15(14)2)27-21(29)16-8-4-5-9-19(16)28-23(27)25-26-24(28)33-13-20-17(11-12-32-20)22(30)31-3/h4-12H,13H2,1-3H3. The summed E-state index contributed by atoms with van der Waals surface area (Å²) in [5.74, 6) is 0.785. The van der Waals surface area contributed by atoms with Crippen molar-refractivity contribution in [2.45, 2.75) is 24.8 Å². The third-order valence-electron chi connectivity index (χ3n) is 5.69. The van der Waals surface area contributed by atoms with E-state index in [1.807, 2.05) is 54.6 Å². The molecule has 0 aliphatic rings. The third kappa shape index (κ3) is 3.41. The zero-order valence-corrected chi connectivity index (χ0v) is 19.0. The lowest BCUT2D eigenvalue weighted by molar-refractivity contribution is 0.0598. The number of furan rings is 1. The van der Waals surface area contributed by atoms with Gasteiger partial charge >= 0.3 is 5.97 Å². The molecule has 0 amide bonds. The van der Waals surface area contributed by atoms with Crippen LogP contribution in [0.2, 0.25) is 0 Å². The van der Waals surface area contributed by atoms with Gasteiger partial charge in [-0.1, -0.05) is 36.0 Å². The lowest BCUT2D eigenvalue weighted by Gasteiger charge is -2.14. The highest BCUT2D eigenvalue weighted by Crippen LogP contribution is 2.28. The second-order valence-electron chi connectivity index (χ2n) is 7.53. The highest BCUT2D eigenvalue weighted by Gasteiger charge is 2.21. The highest BCUT2D eigenvalue weighted by atomic mass is 32.2. The maximum absolute atomic E-state index is 13.5. The molecular formula is C24H20N4O4S. The Morgan fingerprint density at radius 1 is 1.09 bits per heavy atom. The Kier molecular flexibility index (Phi) is 5.26. The molecule has 0 fully saturated rings. The Bertz CT molecular complexity index is 1580. The van der Waals surface area contributed by atoms with E-state index in [0.717, 1.165) is 16.8 Å². The average Bonchev–Trinajstić information content (AvgIpc) is 3.47. The fraction of sp³-hybridized carbons (Fsp3) is 0.167. The Labute approximate surface area is 192 Å². The quantitative estimate of drug-likeness (QED) is 0.285. The van der Waals surface area contributed by atoms with Crippen molar-refractivity contribution in [2.75, 3.05) is 7.11 Å². The van der Waals surface area contributed by atoms with Crippen LogP contribution in [0.25, 0.3) is 22.4 Å². The summed E-state index contributed by atoms with van der Waals surface area (Å²) in [6, 6.07) is 14.8. The first-order chi connectivity index (χ1) is 16.0. The molecule has 0 atom stereocenters. The van der Waals surface area contributed by atoms with E-state index in [1.54, 1.807) is 16.7 Å². The number of nitrogens with zero attached hydrogens (tertiary/aromatic N) is 4. The van der Waals surface area contributed by atoms with Crippen LogP contribution >= 0.6 is 11.8 Å². The van der Waals surface area contributed by atoms with Crippen molar-refractivity contribution < 1.29 is 13.9 Å². The van der Waals surface area contributed by atoms with E-state index in [-0.39, 0.29) is 5.56 Å². The van der Waals surface area contributed by atoms with Crippen LogP contribution in [0.15, 0.2) is 69.2 Å². The molecule has 2 aromatic carbocycles. The van der Waals surface area contributed by atoms with Crippen LogP contribution in [0.4, 0.5) is 0 Å². The van der Waals surface area contributed by atoms with Crippen LogP contribution in [0.5, 0.6) is 0 Å². The zero-order chi connectivity index (χ0) is 23.1. The monoisotopic (exact) mass is 460 g/mol. The van der Waals surface area contributed by atoms with Gasteiger partial charge in [-0.2, -0.15) is 0 Å². The van der Waals surface area contributed by atoms with Crippen LogP contribution in [0.3, 0.4) is 0 Å². The topological polar surface area (TPSA) is 91.6 Å². The van der Waals surface area contributed by atoms with Crippen LogP contribution in [0.1, 0.15) is 27.2 Å². The predicted octanol–water partition coefficient (Wildman–Crippen LogP) is 4.32. The number of hydrogen-bond acceptors (Lipinski definition) is 7. The van der Waals surface area contributed by atoms with Crippen molar-refractivity contribution >= 4 is 34.4 Å². The number of methoxy groups -OCH3 is 1. The molecule has 0 bridgehead atoms. The molecule has 0 aliphatic carbocycles. The van der Waals surface area contributed by atoms with E-state index in [1.165, 1.54) is 25.1 Å². The Morgan fingerprint density at radius 3 is 2.73 bits per heavy atom. The van der Waals surface area contributed by atoms with Crippen LogP contribution < -0.4 is 5.56 Å². The SMILES string of the molecule is COC(=O)c1ccoc1CSc1nnc2n(-c3cccc(C)c3C)c(=O)c3ccccc3n12. The summed E-state index contributed by atoms with van der Waals surface area (Å²) in [5.41, 5.74) is 3.75. The smallest absolute Gasteiger partial charge is 0.341 e. The Hall–Kier alpha value is -3.85. The third-order valence-corrected chi connectivity index (χ3v) is 6.62. The first-order valence-electron chi connectivity index (χ1n) is 10.2. The molecule has 0 saturated heterocycles. The molecule has 3 heterocycles. The number of esters is 1. The van der Waals surface area contributed by atoms with Crippen molar-refractivity contribution in [1.82, 2.24) is 19.2 Å². The van der Waals surface area contributed by atoms with Crippen LogP contribution in [0, 0.1) is 13.8 Å². The molecule has 8 nitrogen and oxygen atoms in total. The van der Waals surface area contributed by atoms with Gasteiger partial charge in [0.1, 0.15) is 11.3 Å². The molecule has 0 saturated carbocycles. The molecule has 166 valence electrons. The summed E-state index contributed by atoms with van der Waals surface area (Å²) in [4.78, 5) is 25.5. The first-order valence-corrected chi connectivity index (χ1v) is 11.2. The summed E-state index contributed by atoms with van der Waals surface area (Å²) in [6.45, 7) is 4.00. The van der Waals surface area contributed by atoms with E-state index >= 15 is 0 Å². The molecule has 0 N–H and O–H groups in total. The van der Waals surface area contributed by atoms with Gasteiger partial charge in [0.15, 0.2) is 5.16 Å². The van der Waals surface area contributed by atoms with Gasteiger partial charge in [0.05, 0.1) is 35.7 Å². The minimum atomic E-state index is -0.459. The second kappa shape index (κ2) is 8.25. The maximum atomic E-state index is 13.5. The van der Waals surface area contributed by atoms with Crippen molar-refractivity contribution in [3.63, 3.8) is 0 Å². The predicted molar refractivity (Wildman–Crippen MR) is 125 cm³/mol. The molecule has 0 radical (unpaired) electrons. The molecule has 0 unspecified atom stereocenters. The van der Waals surface area contributed by atoms with E-state index in [0.29, 0.717) is 38.9 Å². The summed E-state index contributed by atoms with van der Waals surface area (Å²) in [6.07, 6.45) is 1.46. The molecule has 0 aliphatic heterocycles. The number of thioether (sulfide) groups is 1. The summed E-state index contributed by atoms with van der Waals surface area (Å²) in [7, 11) is 1.33. The van der Waals surface area contributed by atoms with E-state index < -0.39 is 5.97 Å². The van der Waals surface area contributed by atoms with Crippen molar-refractivity contribution in [3.05, 3.63) is 87.6 Å². The largest absolute Gasteiger partial charge is 0.468 e. The second-order valence-corrected chi connectivity index (χ2v) is 8.47. The molecule has 5 rings (SSSR count). The fourth-order valence-corrected chi connectivity index (χ4v) is 4.73. The Morgan fingerprint density at radius 2 is 1.91 bits per heavy atom. The Balaban J connectivity index is 1.70. The van der Waals surface area contributed by atoms with Gasteiger partial charge in [-0.25, -0.2) is 9.36 Å². The minimum absolute atomic E-state index is 0.158. The number of aromatic nitrogens is 4. The van der Waals surface area contributed by atoms with Crippen molar-refractivity contribution in [1.29, 1.82) is 0 Å². The molecule has 9 heteroatoms. The van der Waals surface area contributed by atoms with Crippen LogP contribution in [-0.4, -0.2) is 32.2 Å². The molecule has 0 spiro atoms. The number of ether oxygens (including phenoxy) is 1. The van der Waals surface area contributed by atoms with E-state index in [9.17, 15) is 9.59 Å². The lowest BCUT2D eigenvalue weighted by atomic mass is 10.1. The van der Waals surface area contributed by atoms with Gasteiger partial charge in [-0.05, 0) is 49.2 Å². The highest BCUT2D eigenvalue weighted by molar-refractivity contribution is 7.98. The van der Waals surface area contributed by atoms with Gasteiger partial charge in [-0.3, -0.25) is 9.20 Å². The van der Waals surface area contributed by atoms with Gasteiger partial charge < -0.3 is 9.15 Å². The van der Waals surface area contributed by atoms with Crippen LogP contribution in [-0.2, 0) is 10.5 Å². The number of carbonyl (C=O) groups excluding carboxylic acids is 1. The summed E-state index contributed by atoms with van der Waals surface area (Å²) in [5, 5.41) is 9.89. The number of fused-ring (bicyclic) bond motifs is 3. The van der Waals surface area contributed by atoms with Crippen molar-refractivity contribution in [2.24, 2.45) is 0 Å². The summed E-state index contributed by atoms with van der Waals surface area (Å²) >= 11 is 1.36. The molecule has 3 aromatic heterocycles. The van der Waals surface area contributed by atoms with Gasteiger partial charge in [0, 0.05) is 0 Å². The molecule has 33 heavy (non-hydrogen) atoms. The summed E-state index contributed by atoms with van der Waals surface area (Å²) < 4.78 is 13.8. The minimum Gasteiger partial charge on any atom is -0.468 e. The van der Waals surface area contributed by atoms with Crippen molar-refractivity contribution in [3.8, 4) is 5.69 Å². The van der Waals surface area contributed by atoms with Gasteiger partial charge in [-0.15, -0.1) is 10.2 Å². The molecule has 5 aromatic rings. The van der Waals surface area contributed by atoms with Gasteiger partial charge in [0.25, 0.3) is 5.56 Å². The lowest BCUT2D eigenvalue weighted by Crippen LogP contribution is -2.22. The van der Waals surface area contributed by atoms with Gasteiger partial charge in [0.2, 0.25) is 5.78 Å². The number of hydrogen-bond donors (Lipinski definition) is 0. The zero-order valence-electron chi connectivity index (χ0n) is 18.2. The van der Waals surface area contributed by atoms with E-state index in [2.05, 4.69) is 10.2 Å².